The summed E-state index contributed by atoms with van der Waals surface area (Å²) in [5.74, 6) is 0. The molecule has 0 bridgehead atoms. The maximum atomic E-state index is 4.50. The molecule has 1 fully saturated rings. The quantitative estimate of drug-likeness (QED) is 0.570. The Morgan fingerprint density at radius 1 is 1.00 bits per heavy atom. The smallest absolute Gasteiger partial charge is 0.0701 e. The molecule has 0 amide bonds. The molecule has 1 heterocycles. The summed E-state index contributed by atoms with van der Waals surface area (Å²) in [5, 5.41) is 0. The first-order valence-electron chi connectivity index (χ1n) is 4.15. The molecule has 0 aliphatic carbocycles. The Balaban J connectivity index is 0. The number of epoxide rings is 1. The molecule has 0 atom stereocenters. The first kappa shape index (κ1) is 13.5. The third-order valence-corrected chi connectivity index (χ3v) is 1.55. The summed E-state index contributed by atoms with van der Waals surface area (Å²) < 4.78 is 4.50. The molecule has 1 rings (SSSR count). The van der Waals surface area contributed by atoms with Crippen molar-refractivity contribution in [1.82, 2.24) is 4.90 Å². The second-order valence-corrected chi connectivity index (χ2v) is 2.23. The van der Waals surface area contributed by atoms with E-state index in [1.165, 1.54) is 19.6 Å². The predicted molar refractivity (Wildman–Crippen MR) is 47.9 cm³/mol. The normalized spacial score (nSPS) is 13.1. The zero-order chi connectivity index (χ0) is 7.82. The van der Waals surface area contributed by atoms with E-state index in [9.17, 15) is 0 Å². The van der Waals surface area contributed by atoms with Crippen LogP contribution in [0.15, 0.2) is 0 Å². The third-order valence-electron chi connectivity index (χ3n) is 1.55. The fraction of sp³-hybridized carbons (Fsp3) is 1.00. The number of ether oxygens (including phenoxy) is 1. The van der Waals surface area contributed by atoms with Crippen molar-refractivity contribution in [3.63, 3.8) is 0 Å². The molecule has 1 aliphatic heterocycles. The zero-order valence-electron chi connectivity index (χ0n) is 7.89. The molecule has 0 saturated carbocycles. The van der Waals surface area contributed by atoms with Crippen LogP contribution in [0.4, 0.5) is 0 Å². The lowest BCUT2D eigenvalue weighted by molar-refractivity contribution is 0.321. The Kier molecular flexibility index (Phi) is 12.1. The van der Waals surface area contributed by atoms with E-state index in [0.717, 1.165) is 13.2 Å². The largest absolute Gasteiger partial charge is 0.412 e. The van der Waals surface area contributed by atoms with Crippen LogP contribution in [0, 0.1) is 0 Å². The monoisotopic (exact) mass is 163 g/mol. The van der Waals surface area contributed by atoms with Crippen LogP contribution < -0.4 is 0 Å². The van der Waals surface area contributed by atoms with Gasteiger partial charge in [-0.3, -0.25) is 0 Å². The highest BCUT2D eigenvalue weighted by Crippen LogP contribution is 1.84. The molecule has 3 nitrogen and oxygen atoms in total. The summed E-state index contributed by atoms with van der Waals surface area (Å²) in [5.41, 5.74) is 0. The van der Waals surface area contributed by atoms with Crippen molar-refractivity contribution in [1.29, 1.82) is 0 Å². The van der Waals surface area contributed by atoms with Crippen molar-refractivity contribution in [3.8, 4) is 0 Å². The van der Waals surface area contributed by atoms with Gasteiger partial charge in [0.2, 0.25) is 0 Å². The standard InChI is InChI=1S/C6H15N.C2H4O.H2O/c1-4-7(5-2)6-3;1-2-3-1;/h4-6H2,1-3H3;1-2H2;1H2. The molecule has 1 aliphatic rings. The lowest BCUT2D eigenvalue weighted by Gasteiger charge is -2.13. The molecule has 0 radical (unpaired) electrons. The fourth-order valence-corrected chi connectivity index (χ4v) is 0.671. The van der Waals surface area contributed by atoms with Crippen LogP contribution in [0.1, 0.15) is 20.8 Å². The Bertz CT molecular complexity index is 54.8. The average molecular weight is 163 g/mol. The molecule has 0 unspecified atom stereocenters. The molecule has 1 saturated heterocycles. The Morgan fingerprint density at radius 3 is 1.27 bits per heavy atom. The van der Waals surface area contributed by atoms with E-state index >= 15 is 0 Å². The van der Waals surface area contributed by atoms with Crippen LogP contribution in [0.3, 0.4) is 0 Å². The molecule has 0 spiro atoms. The van der Waals surface area contributed by atoms with E-state index in [1.807, 2.05) is 0 Å². The molecular formula is C8H21NO2. The van der Waals surface area contributed by atoms with Gasteiger partial charge >= 0.3 is 0 Å². The highest BCUT2D eigenvalue weighted by molar-refractivity contribution is 4.43. The van der Waals surface area contributed by atoms with E-state index in [4.69, 9.17) is 0 Å². The zero-order valence-corrected chi connectivity index (χ0v) is 7.89. The number of rotatable bonds is 3. The second kappa shape index (κ2) is 9.88. The van der Waals surface area contributed by atoms with Gasteiger partial charge in [0, 0.05) is 0 Å². The van der Waals surface area contributed by atoms with Crippen molar-refractivity contribution in [2.75, 3.05) is 32.8 Å². The number of hydrogen-bond acceptors (Lipinski definition) is 2. The second-order valence-electron chi connectivity index (χ2n) is 2.23. The van der Waals surface area contributed by atoms with Crippen molar-refractivity contribution >= 4 is 0 Å². The minimum Gasteiger partial charge on any atom is -0.412 e. The number of nitrogens with zero attached hydrogens (tertiary/aromatic N) is 1. The molecule has 0 aromatic carbocycles. The minimum atomic E-state index is 0. The van der Waals surface area contributed by atoms with Gasteiger partial charge in [0.15, 0.2) is 0 Å². The van der Waals surface area contributed by atoms with Gasteiger partial charge in [-0.05, 0) is 19.6 Å². The van der Waals surface area contributed by atoms with E-state index < -0.39 is 0 Å². The minimum absolute atomic E-state index is 0. The van der Waals surface area contributed by atoms with Crippen molar-refractivity contribution in [2.24, 2.45) is 0 Å². The maximum Gasteiger partial charge on any atom is 0.0701 e. The van der Waals surface area contributed by atoms with Gasteiger partial charge in [-0.15, -0.1) is 0 Å². The molecule has 2 N–H and O–H groups in total. The molecular weight excluding hydrogens is 142 g/mol. The summed E-state index contributed by atoms with van der Waals surface area (Å²) in [6, 6.07) is 0. The molecule has 0 aromatic rings. The van der Waals surface area contributed by atoms with Gasteiger partial charge in [0.05, 0.1) is 13.2 Å². The van der Waals surface area contributed by atoms with E-state index in [2.05, 4.69) is 30.4 Å². The SMILES string of the molecule is C1CO1.CCN(CC)CC.O. The Morgan fingerprint density at radius 2 is 1.27 bits per heavy atom. The highest BCUT2D eigenvalue weighted by Gasteiger charge is 1.94. The van der Waals surface area contributed by atoms with Crippen LogP contribution in [0.25, 0.3) is 0 Å². The Hall–Kier alpha value is -0.120. The van der Waals surface area contributed by atoms with Gasteiger partial charge in [-0.25, -0.2) is 0 Å². The molecule has 70 valence electrons. The first-order valence-corrected chi connectivity index (χ1v) is 4.15. The van der Waals surface area contributed by atoms with Gasteiger partial charge in [0.1, 0.15) is 0 Å². The number of hydrogen-bond donors (Lipinski definition) is 0. The highest BCUT2D eigenvalue weighted by atomic mass is 16.6. The lowest BCUT2D eigenvalue weighted by Crippen LogP contribution is -2.21. The van der Waals surface area contributed by atoms with E-state index in [1.54, 1.807) is 0 Å². The summed E-state index contributed by atoms with van der Waals surface area (Å²) in [4.78, 5) is 2.38. The van der Waals surface area contributed by atoms with Gasteiger partial charge < -0.3 is 15.1 Å². The van der Waals surface area contributed by atoms with Gasteiger partial charge in [-0.2, -0.15) is 0 Å². The fourth-order valence-electron chi connectivity index (χ4n) is 0.671. The molecule has 3 heteroatoms. The van der Waals surface area contributed by atoms with Crippen LogP contribution in [-0.4, -0.2) is 43.2 Å². The van der Waals surface area contributed by atoms with Crippen LogP contribution in [0.2, 0.25) is 0 Å². The topological polar surface area (TPSA) is 47.3 Å². The summed E-state index contributed by atoms with van der Waals surface area (Å²) >= 11 is 0. The van der Waals surface area contributed by atoms with E-state index in [0.29, 0.717) is 0 Å². The van der Waals surface area contributed by atoms with Crippen molar-refractivity contribution < 1.29 is 10.2 Å². The summed E-state index contributed by atoms with van der Waals surface area (Å²) in [6.45, 7) is 12.1. The Labute approximate surface area is 69.6 Å². The first-order chi connectivity index (χ1) is 4.85. The summed E-state index contributed by atoms with van der Waals surface area (Å²) in [6.07, 6.45) is 0. The van der Waals surface area contributed by atoms with Crippen LogP contribution >= 0.6 is 0 Å². The average Bonchev–Trinajstić information content (AvgIpc) is 2.76. The van der Waals surface area contributed by atoms with E-state index in [-0.39, 0.29) is 5.48 Å². The lowest BCUT2D eigenvalue weighted by atomic mass is 10.5. The predicted octanol–water partition coefficient (Wildman–Crippen LogP) is 0.540. The van der Waals surface area contributed by atoms with Crippen LogP contribution in [-0.2, 0) is 4.74 Å². The summed E-state index contributed by atoms with van der Waals surface area (Å²) in [7, 11) is 0. The molecule has 11 heavy (non-hydrogen) atoms. The van der Waals surface area contributed by atoms with Crippen molar-refractivity contribution in [2.45, 2.75) is 20.8 Å². The molecule has 0 aromatic heterocycles. The van der Waals surface area contributed by atoms with Gasteiger partial charge in [-0.1, -0.05) is 20.8 Å². The third kappa shape index (κ3) is 13.0. The van der Waals surface area contributed by atoms with Crippen molar-refractivity contribution in [3.05, 3.63) is 0 Å². The maximum absolute atomic E-state index is 4.50. The van der Waals surface area contributed by atoms with Crippen LogP contribution in [0.5, 0.6) is 0 Å². The van der Waals surface area contributed by atoms with Gasteiger partial charge in [0.25, 0.3) is 0 Å².